The number of carbonyl (C=O) groups is 1. The molecule has 160 valence electrons. The lowest BCUT2D eigenvalue weighted by atomic mass is 9.83. The van der Waals surface area contributed by atoms with Crippen molar-refractivity contribution in [2.75, 3.05) is 45.8 Å². The van der Waals surface area contributed by atoms with Gasteiger partial charge in [0.05, 0.1) is 33.2 Å². The first kappa shape index (κ1) is 20.3. The van der Waals surface area contributed by atoms with E-state index in [1.807, 2.05) is 17.7 Å². The molecule has 9 heteroatoms. The molecule has 4 heterocycles. The third-order valence-corrected chi connectivity index (χ3v) is 5.88. The van der Waals surface area contributed by atoms with Crippen LogP contribution in [-0.4, -0.2) is 66.3 Å². The van der Waals surface area contributed by atoms with Crippen molar-refractivity contribution in [2.45, 2.75) is 25.4 Å². The Bertz CT molecular complexity index is 974. The molecule has 0 amide bonds. The molecule has 2 bridgehead atoms. The molecule has 1 saturated heterocycles. The van der Waals surface area contributed by atoms with Gasteiger partial charge in [-0.25, -0.2) is 9.97 Å². The van der Waals surface area contributed by atoms with Gasteiger partial charge in [-0.15, -0.1) is 0 Å². The van der Waals surface area contributed by atoms with Crippen molar-refractivity contribution in [2.24, 2.45) is 5.92 Å². The van der Waals surface area contributed by atoms with Gasteiger partial charge in [-0.2, -0.15) is 0 Å². The molecule has 0 aromatic carbocycles. The van der Waals surface area contributed by atoms with Gasteiger partial charge in [0.2, 0.25) is 5.95 Å². The van der Waals surface area contributed by atoms with Crippen LogP contribution in [0.2, 0.25) is 0 Å². The lowest BCUT2D eigenvalue weighted by Gasteiger charge is -2.43. The summed E-state index contributed by atoms with van der Waals surface area (Å²) in [5, 5.41) is 0. The fourth-order valence-corrected chi connectivity index (χ4v) is 4.48. The van der Waals surface area contributed by atoms with E-state index < -0.39 is 0 Å². The Morgan fingerprint density at radius 1 is 1.20 bits per heavy atom. The molecular weight excluding hydrogens is 386 g/mol. The summed E-state index contributed by atoms with van der Waals surface area (Å²) in [6.07, 6.45) is 4.43. The number of rotatable bonds is 6. The zero-order valence-corrected chi connectivity index (χ0v) is 17.6. The van der Waals surface area contributed by atoms with Crippen LogP contribution in [0.1, 0.15) is 23.6 Å². The summed E-state index contributed by atoms with van der Waals surface area (Å²) >= 11 is 0. The smallest absolute Gasteiger partial charge is 0.319 e. The summed E-state index contributed by atoms with van der Waals surface area (Å²) in [5.74, 6) is 1.64. The lowest BCUT2D eigenvalue weighted by molar-refractivity contribution is -0.141. The SMILES string of the molecule is COC(=O)CN(C)Cc1ccc2n(c1=O)C[C@H]1C[C@@H]2CN(c2ncc(OC)cn2)C1. The van der Waals surface area contributed by atoms with Gasteiger partial charge < -0.3 is 18.9 Å². The third-order valence-electron chi connectivity index (χ3n) is 5.88. The van der Waals surface area contributed by atoms with E-state index in [1.165, 1.54) is 7.11 Å². The molecule has 2 aliphatic rings. The van der Waals surface area contributed by atoms with Gasteiger partial charge in [0.1, 0.15) is 0 Å². The minimum absolute atomic E-state index is 0.0352. The number of methoxy groups -OCH3 is 2. The third kappa shape index (κ3) is 4.02. The van der Waals surface area contributed by atoms with Crippen molar-refractivity contribution in [3.8, 4) is 5.75 Å². The molecule has 2 aromatic rings. The fraction of sp³-hybridized carbons (Fsp3) is 0.524. The summed E-state index contributed by atoms with van der Waals surface area (Å²) in [6, 6.07) is 3.95. The molecule has 0 saturated carbocycles. The molecule has 0 radical (unpaired) electrons. The highest BCUT2D eigenvalue weighted by atomic mass is 16.5. The van der Waals surface area contributed by atoms with Crippen LogP contribution in [0.15, 0.2) is 29.3 Å². The lowest BCUT2D eigenvalue weighted by Crippen LogP contribution is -2.48. The number of fused-ring (bicyclic) bond motifs is 4. The number of hydrogen-bond acceptors (Lipinski definition) is 8. The Hall–Kier alpha value is -2.94. The van der Waals surface area contributed by atoms with E-state index in [2.05, 4.69) is 20.9 Å². The van der Waals surface area contributed by atoms with Crippen LogP contribution in [0.5, 0.6) is 5.75 Å². The van der Waals surface area contributed by atoms with Crippen molar-refractivity contribution in [1.29, 1.82) is 0 Å². The molecule has 30 heavy (non-hydrogen) atoms. The van der Waals surface area contributed by atoms with E-state index in [1.54, 1.807) is 24.4 Å². The van der Waals surface area contributed by atoms with Crippen LogP contribution in [0.4, 0.5) is 5.95 Å². The van der Waals surface area contributed by atoms with E-state index in [4.69, 9.17) is 9.47 Å². The van der Waals surface area contributed by atoms with Gasteiger partial charge in [0, 0.05) is 43.4 Å². The molecular formula is C21H27N5O4. The largest absolute Gasteiger partial charge is 0.494 e. The number of pyridine rings is 1. The van der Waals surface area contributed by atoms with E-state index >= 15 is 0 Å². The second kappa shape index (κ2) is 8.43. The molecule has 4 rings (SSSR count). The van der Waals surface area contributed by atoms with Crippen LogP contribution in [0.25, 0.3) is 0 Å². The van der Waals surface area contributed by atoms with Gasteiger partial charge in [-0.3, -0.25) is 14.5 Å². The number of anilines is 1. The molecule has 0 unspecified atom stereocenters. The van der Waals surface area contributed by atoms with Gasteiger partial charge in [-0.1, -0.05) is 6.07 Å². The molecule has 2 aliphatic heterocycles. The van der Waals surface area contributed by atoms with Crippen LogP contribution < -0.4 is 15.2 Å². The highest BCUT2D eigenvalue weighted by molar-refractivity contribution is 5.71. The van der Waals surface area contributed by atoms with Crippen molar-refractivity contribution in [3.63, 3.8) is 0 Å². The van der Waals surface area contributed by atoms with Gasteiger partial charge >= 0.3 is 5.97 Å². The fourth-order valence-electron chi connectivity index (χ4n) is 4.48. The van der Waals surface area contributed by atoms with E-state index in [0.717, 1.165) is 25.2 Å². The highest BCUT2D eigenvalue weighted by Gasteiger charge is 2.35. The first-order chi connectivity index (χ1) is 14.5. The summed E-state index contributed by atoms with van der Waals surface area (Å²) < 4.78 is 11.8. The van der Waals surface area contributed by atoms with E-state index in [-0.39, 0.29) is 24.0 Å². The number of esters is 1. The minimum atomic E-state index is -0.314. The summed E-state index contributed by atoms with van der Waals surface area (Å²) in [5.41, 5.74) is 1.79. The first-order valence-electron chi connectivity index (χ1n) is 10.1. The maximum absolute atomic E-state index is 13.1. The second-order valence-corrected chi connectivity index (χ2v) is 8.07. The van der Waals surface area contributed by atoms with Crippen molar-refractivity contribution in [1.82, 2.24) is 19.4 Å². The van der Waals surface area contributed by atoms with Gasteiger partial charge in [0.25, 0.3) is 5.56 Å². The number of carbonyl (C=O) groups excluding carboxylic acids is 1. The number of ether oxygens (including phenoxy) is 2. The molecule has 1 fully saturated rings. The minimum Gasteiger partial charge on any atom is -0.494 e. The number of nitrogens with zero attached hydrogens (tertiary/aromatic N) is 5. The summed E-state index contributed by atoms with van der Waals surface area (Å²) in [4.78, 5) is 37.5. The zero-order chi connectivity index (χ0) is 21.3. The van der Waals surface area contributed by atoms with Crippen molar-refractivity contribution >= 4 is 11.9 Å². The summed E-state index contributed by atoms with van der Waals surface area (Å²) in [7, 11) is 4.77. The zero-order valence-electron chi connectivity index (χ0n) is 17.6. The maximum Gasteiger partial charge on any atom is 0.319 e. The molecule has 0 N–H and O–H groups in total. The molecule has 2 aromatic heterocycles. The first-order valence-corrected chi connectivity index (χ1v) is 10.1. The van der Waals surface area contributed by atoms with Crippen LogP contribution in [0.3, 0.4) is 0 Å². The number of hydrogen-bond donors (Lipinski definition) is 0. The monoisotopic (exact) mass is 413 g/mol. The Morgan fingerprint density at radius 3 is 2.67 bits per heavy atom. The Balaban J connectivity index is 1.53. The van der Waals surface area contributed by atoms with Gasteiger partial charge in [-0.05, 0) is 25.5 Å². The molecule has 9 nitrogen and oxygen atoms in total. The molecule has 0 spiro atoms. The molecule has 2 atom stereocenters. The molecule has 0 aliphatic carbocycles. The topological polar surface area (TPSA) is 89.8 Å². The maximum atomic E-state index is 13.1. The Morgan fingerprint density at radius 2 is 1.97 bits per heavy atom. The predicted molar refractivity (Wildman–Crippen MR) is 111 cm³/mol. The van der Waals surface area contributed by atoms with Crippen LogP contribution in [-0.2, 0) is 22.6 Å². The number of piperidine rings is 1. The average Bonchev–Trinajstić information content (AvgIpc) is 2.75. The predicted octanol–water partition coefficient (Wildman–Crippen LogP) is 0.875. The quantitative estimate of drug-likeness (QED) is 0.645. The normalized spacial score (nSPS) is 20.1. The van der Waals surface area contributed by atoms with E-state index in [9.17, 15) is 9.59 Å². The summed E-state index contributed by atoms with van der Waals surface area (Å²) in [6.45, 7) is 2.85. The number of likely N-dealkylation sites (N-methyl/N-ethyl adjacent to an activating group) is 1. The van der Waals surface area contributed by atoms with Crippen LogP contribution in [0, 0.1) is 5.92 Å². The van der Waals surface area contributed by atoms with Gasteiger partial charge in [0.15, 0.2) is 5.75 Å². The van der Waals surface area contributed by atoms with Crippen LogP contribution >= 0.6 is 0 Å². The Kier molecular flexibility index (Phi) is 5.72. The standard InChI is InChI=1S/C21H27N5O4/c1-24(13-19(27)30-3)11-15-4-5-18-16-6-14(10-26(18)20(15)28)9-25(12-16)21-22-7-17(29-2)8-23-21/h4-5,7-8,14,16H,6,9-13H2,1-3H3/t14-,16+/m0/s1. The van der Waals surface area contributed by atoms with E-state index in [0.29, 0.717) is 36.3 Å². The average molecular weight is 413 g/mol. The van der Waals surface area contributed by atoms with Crippen molar-refractivity contribution in [3.05, 3.63) is 46.1 Å². The Labute approximate surface area is 175 Å². The highest BCUT2D eigenvalue weighted by Crippen LogP contribution is 2.36. The van der Waals surface area contributed by atoms with Crippen molar-refractivity contribution < 1.29 is 14.3 Å². The second-order valence-electron chi connectivity index (χ2n) is 8.07. The number of aromatic nitrogens is 3.